The minimum absolute atomic E-state index is 0.249. The third kappa shape index (κ3) is 4.82. The summed E-state index contributed by atoms with van der Waals surface area (Å²) in [6.07, 6.45) is 2.45. The molecular formula is C22H23N3O4. The molecule has 7 nitrogen and oxygen atoms in total. The average Bonchev–Trinajstić information content (AvgIpc) is 3.22. The van der Waals surface area contributed by atoms with Gasteiger partial charge in [-0.2, -0.15) is 5.10 Å². The smallest absolute Gasteiger partial charge is 0.305 e. The second-order valence-electron chi connectivity index (χ2n) is 6.31. The topological polar surface area (TPSA) is 82.5 Å². The van der Waals surface area contributed by atoms with E-state index in [1.54, 1.807) is 18.0 Å². The fourth-order valence-corrected chi connectivity index (χ4v) is 2.92. The molecule has 1 aromatic heterocycles. The van der Waals surface area contributed by atoms with Gasteiger partial charge in [0.15, 0.2) is 0 Å². The number of hydrogen-bond acceptors (Lipinski definition) is 5. The lowest BCUT2D eigenvalue weighted by atomic mass is 10.1. The lowest BCUT2D eigenvalue weighted by Crippen LogP contribution is -2.25. The third-order valence-corrected chi connectivity index (χ3v) is 4.41. The Bertz CT molecular complexity index is 983. The van der Waals surface area contributed by atoms with Gasteiger partial charge >= 0.3 is 5.97 Å². The highest BCUT2D eigenvalue weighted by molar-refractivity contribution is 6.00. The van der Waals surface area contributed by atoms with E-state index < -0.39 is 0 Å². The molecule has 0 aliphatic rings. The highest BCUT2D eigenvalue weighted by Gasteiger charge is 2.21. The maximum atomic E-state index is 12.9. The second-order valence-corrected chi connectivity index (χ2v) is 6.31. The highest BCUT2D eigenvalue weighted by Crippen LogP contribution is 2.31. The van der Waals surface area contributed by atoms with E-state index in [-0.39, 0.29) is 18.3 Å². The molecule has 0 spiro atoms. The number of carbonyl (C=O) groups is 2. The Labute approximate surface area is 169 Å². The summed E-state index contributed by atoms with van der Waals surface area (Å²) < 4.78 is 11.7. The highest BCUT2D eigenvalue weighted by atomic mass is 16.5. The van der Waals surface area contributed by atoms with Crippen molar-refractivity contribution in [3.63, 3.8) is 0 Å². The Kier molecular flexibility index (Phi) is 6.63. The largest absolute Gasteiger partial charge is 0.496 e. The monoisotopic (exact) mass is 393 g/mol. The van der Waals surface area contributed by atoms with E-state index in [4.69, 9.17) is 4.74 Å². The third-order valence-electron chi connectivity index (χ3n) is 4.41. The van der Waals surface area contributed by atoms with Gasteiger partial charge in [-0.25, -0.2) is 4.68 Å². The van der Waals surface area contributed by atoms with Crippen LogP contribution in [-0.4, -0.2) is 42.4 Å². The van der Waals surface area contributed by atoms with Crippen LogP contribution in [0.15, 0.2) is 60.8 Å². The first-order valence-corrected chi connectivity index (χ1v) is 9.27. The minimum atomic E-state index is -0.300. The van der Waals surface area contributed by atoms with Gasteiger partial charge in [-0.1, -0.05) is 30.3 Å². The van der Waals surface area contributed by atoms with Gasteiger partial charge in [0.1, 0.15) is 11.4 Å². The Hall–Kier alpha value is -3.61. The number of nitrogens with one attached hydrogen (secondary N) is 1. The zero-order valence-corrected chi connectivity index (χ0v) is 16.4. The van der Waals surface area contributed by atoms with Crippen LogP contribution in [0.2, 0.25) is 0 Å². The molecule has 0 aliphatic heterocycles. The number of rotatable bonds is 8. The van der Waals surface area contributed by atoms with E-state index in [1.165, 1.54) is 7.11 Å². The Balaban J connectivity index is 1.91. The summed E-state index contributed by atoms with van der Waals surface area (Å²) in [5, 5.41) is 7.50. The molecule has 0 atom stereocenters. The van der Waals surface area contributed by atoms with Gasteiger partial charge in [-0.15, -0.1) is 0 Å². The number of amides is 1. The summed E-state index contributed by atoms with van der Waals surface area (Å²) in [6, 6.07) is 17.0. The van der Waals surface area contributed by atoms with Crippen molar-refractivity contribution in [3.05, 3.63) is 66.4 Å². The zero-order valence-electron chi connectivity index (χ0n) is 16.4. The Morgan fingerprint density at radius 2 is 1.76 bits per heavy atom. The van der Waals surface area contributed by atoms with Crippen LogP contribution in [0.4, 0.5) is 0 Å². The summed E-state index contributed by atoms with van der Waals surface area (Å²) in [4.78, 5) is 24.1. The summed E-state index contributed by atoms with van der Waals surface area (Å²) in [7, 11) is 2.93. The number of methoxy groups -OCH3 is 2. The molecule has 3 rings (SSSR count). The van der Waals surface area contributed by atoms with Gasteiger partial charge in [-0.3, -0.25) is 9.59 Å². The fraction of sp³-hybridized carbons (Fsp3) is 0.227. The standard InChI is InChI=1S/C22H23N3O4/c1-28-19-12-7-6-11-17(19)21-18(22(27)23-14-8-13-20(26)29-2)15-25(24-21)16-9-4-3-5-10-16/h3-7,9-12,15H,8,13-14H2,1-2H3,(H,23,27). The van der Waals surface area contributed by atoms with E-state index >= 15 is 0 Å². The summed E-state index contributed by atoms with van der Waals surface area (Å²) in [5.74, 6) is 0.0642. The molecule has 0 fully saturated rings. The van der Waals surface area contributed by atoms with Crippen LogP contribution in [0.25, 0.3) is 16.9 Å². The Morgan fingerprint density at radius 1 is 1.03 bits per heavy atom. The van der Waals surface area contributed by atoms with Crippen LogP contribution in [0, 0.1) is 0 Å². The van der Waals surface area contributed by atoms with Crippen molar-refractivity contribution >= 4 is 11.9 Å². The molecular weight excluding hydrogens is 370 g/mol. The Morgan fingerprint density at radius 3 is 2.48 bits per heavy atom. The van der Waals surface area contributed by atoms with Gasteiger partial charge in [0.25, 0.3) is 5.91 Å². The molecule has 0 saturated carbocycles. The number of carbonyl (C=O) groups excluding carboxylic acids is 2. The van der Waals surface area contributed by atoms with E-state index in [0.29, 0.717) is 30.0 Å². The van der Waals surface area contributed by atoms with Crippen LogP contribution in [0.1, 0.15) is 23.2 Å². The number of esters is 1. The van der Waals surface area contributed by atoms with E-state index in [0.717, 1.165) is 11.3 Å². The molecule has 0 radical (unpaired) electrons. The van der Waals surface area contributed by atoms with Gasteiger partial charge in [0.2, 0.25) is 0 Å². The lowest BCUT2D eigenvalue weighted by molar-refractivity contribution is -0.140. The fourth-order valence-electron chi connectivity index (χ4n) is 2.92. The normalized spacial score (nSPS) is 10.4. The molecule has 1 N–H and O–H groups in total. The molecule has 0 saturated heterocycles. The van der Waals surface area contributed by atoms with Gasteiger partial charge in [0.05, 0.1) is 25.5 Å². The van der Waals surface area contributed by atoms with E-state index in [9.17, 15) is 9.59 Å². The molecule has 150 valence electrons. The molecule has 2 aromatic carbocycles. The van der Waals surface area contributed by atoms with Crippen LogP contribution < -0.4 is 10.1 Å². The van der Waals surface area contributed by atoms with Crippen LogP contribution in [-0.2, 0) is 9.53 Å². The number of nitrogens with zero attached hydrogens (tertiary/aromatic N) is 2. The van der Waals surface area contributed by atoms with Crippen LogP contribution in [0.3, 0.4) is 0 Å². The van der Waals surface area contributed by atoms with Crippen molar-refractivity contribution in [1.29, 1.82) is 0 Å². The first-order valence-electron chi connectivity index (χ1n) is 9.27. The predicted octanol–water partition coefficient (Wildman–Crippen LogP) is 3.23. The average molecular weight is 393 g/mol. The van der Waals surface area contributed by atoms with Gasteiger partial charge in [-0.05, 0) is 30.7 Å². The van der Waals surface area contributed by atoms with Crippen molar-refractivity contribution < 1.29 is 19.1 Å². The van der Waals surface area contributed by atoms with E-state index in [2.05, 4.69) is 15.2 Å². The molecule has 7 heteroatoms. The summed E-state index contributed by atoms with van der Waals surface area (Å²) in [6.45, 7) is 0.357. The first-order chi connectivity index (χ1) is 14.1. The van der Waals surface area contributed by atoms with Crippen molar-refractivity contribution in [2.24, 2.45) is 0 Å². The van der Waals surface area contributed by atoms with Crippen molar-refractivity contribution in [1.82, 2.24) is 15.1 Å². The summed E-state index contributed by atoms with van der Waals surface area (Å²) >= 11 is 0. The van der Waals surface area contributed by atoms with Crippen molar-refractivity contribution in [3.8, 4) is 22.7 Å². The van der Waals surface area contributed by atoms with Crippen molar-refractivity contribution in [2.45, 2.75) is 12.8 Å². The number of para-hydroxylation sites is 2. The molecule has 1 amide bonds. The first kappa shape index (κ1) is 20.1. The zero-order chi connectivity index (χ0) is 20.6. The molecule has 0 unspecified atom stereocenters. The maximum Gasteiger partial charge on any atom is 0.305 e. The summed E-state index contributed by atoms with van der Waals surface area (Å²) in [5.41, 5.74) is 2.52. The maximum absolute atomic E-state index is 12.9. The van der Waals surface area contributed by atoms with Crippen LogP contribution >= 0.6 is 0 Å². The lowest BCUT2D eigenvalue weighted by Gasteiger charge is -2.08. The molecule has 1 heterocycles. The van der Waals surface area contributed by atoms with Crippen LogP contribution in [0.5, 0.6) is 5.75 Å². The number of aromatic nitrogens is 2. The number of ether oxygens (including phenoxy) is 2. The minimum Gasteiger partial charge on any atom is -0.496 e. The molecule has 3 aromatic rings. The molecule has 0 bridgehead atoms. The van der Waals surface area contributed by atoms with E-state index in [1.807, 2.05) is 54.6 Å². The molecule has 29 heavy (non-hydrogen) atoms. The van der Waals surface area contributed by atoms with Gasteiger partial charge in [0, 0.05) is 24.7 Å². The number of hydrogen-bond donors (Lipinski definition) is 1. The quantitative estimate of drug-likeness (QED) is 0.469. The number of benzene rings is 2. The predicted molar refractivity (Wildman–Crippen MR) is 109 cm³/mol. The SMILES string of the molecule is COC(=O)CCCNC(=O)c1cn(-c2ccccc2)nc1-c1ccccc1OC. The van der Waals surface area contributed by atoms with Crippen molar-refractivity contribution in [2.75, 3.05) is 20.8 Å². The molecule has 0 aliphatic carbocycles. The van der Waals surface area contributed by atoms with Gasteiger partial charge < -0.3 is 14.8 Å². The second kappa shape index (κ2) is 9.54.